The van der Waals surface area contributed by atoms with Gasteiger partial charge in [0.25, 0.3) is 5.91 Å². The zero-order chi connectivity index (χ0) is 17.7. The molecule has 2 heterocycles. The van der Waals surface area contributed by atoms with Crippen molar-refractivity contribution in [2.45, 2.75) is 53.0 Å². The maximum atomic E-state index is 12.4. The van der Waals surface area contributed by atoms with E-state index < -0.39 is 0 Å². The molecule has 0 spiro atoms. The molecule has 0 aliphatic carbocycles. The number of imidazole rings is 1. The van der Waals surface area contributed by atoms with E-state index >= 15 is 0 Å². The summed E-state index contributed by atoms with van der Waals surface area (Å²) in [5, 5.41) is 5.80. The molecule has 2 N–H and O–H groups in total. The van der Waals surface area contributed by atoms with Gasteiger partial charge in [-0.2, -0.15) is 0 Å². The molecule has 0 aliphatic rings. The van der Waals surface area contributed by atoms with Gasteiger partial charge in [-0.25, -0.2) is 4.98 Å². The summed E-state index contributed by atoms with van der Waals surface area (Å²) in [6.07, 6.45) is 3.78. The van der Waals surface area contributed by atoms with Crippen LogP contribution >= 0.6 is 0 Å². The van der Waals surface area contributed by atoms with Crippen LogP contribution in [-0.2, 0) is 4.79 Å². The van der Waals surface area contributed by atoms with E-state index in [-0.39, 0.29) is 17.9 Å². The van der Waals surface area contributed by atoms with Crippen LogP contribution in [0, 0.1) is 13.8 Å². The Labute approximate surface area is 142 Å². The van der Waals surface area contributed by atoms with Crippen molar-refractivity contribution in [1.29, 1.82) is 0 Å². The number of pyridine rings is 1. The van der Waals surface area contributed by atoms with Gasteiger partial charge in [0.05, 0.1) is 5.69 Å². The number of nitrogens with zero attached hydrogens (tertiary/aromatic N) is 2. The average molecular weight is 330 g/mol. The Balaban J connectivity index is 1.91. The zero-order valence-electron chi connectivity index (χ0n) is 14.8. The molecule has 6 heteroatoms. The number of carbonyl (C=O) groups is 2. The van der Waals surface area contributed by atoms with Crippen molar-refractivity contribution < 1.29 is 9.59 Å². The Morgan fingerprint density at radius 1 is 1.33 bits per heavy atom. The lowest BCUT2D eigenvalue weighted by molar-refractivity contribution is -0.121. The average Bonchev–Trinajstić information content (AvgIpc) is 2.89. The molecule has 0 radical (unpaired) electrons. The maximum absolute atomic E-state index is 12.4. The normalized spacial score (nSPS) is 12.2. The van der Waals surface area contributed by atoms with E-state index in [2.05, 4.69) is 15.6 Å². The monoisotopic (exact) mass is 330 g/mol. The summed E-state index contributed by atoms with van der Waals surface area (Å²) in [6, 6.07) is 4.06. The SMILES string of the molecule is CCC(C)NC(=O)CCCNC(=O)c1c(C)nc2c(C)cccn12. The highest BCUT2D eigenvalue weighted by atomic mass is 16.2. The molecule has 0 aromatic carbocycles. The summed E-state index contributed by atoms with van der Waals surface area (Å²) in [5.74, 6) is -0.131. The van der Waals surface area contributed by atoms with Crippen molar-refractivity contribution in [3.05, 3.63) is 35.3 Å². The number of hydrogen-bond acceptors (Lipinski definition) is 3. The highest BCUT2D eigenvalue weighted by molar-refractivity contribution is 5.94. The van der Waals surface area contributed by atoms with Crippen LogP contribution in [0.5, 0.6) is 0 Å². The molecule has 2 rings (SSSR count). The van der Waals surface area contributed by atoms with E-state index in [1.54, 1.807) is 0 Å². The summed E-state index contributed by atoms with van der Waals surface area (Å²) in [5.41, 5.74) is 3.09. The van der Waals surface area contributed by atoms with Crippen molar-refractivity contribution in [3.63, 3.8) is 0 Å². The van der Waals surface area contributed by atoms with E-state index in [1.807, 2.05) is 50.4 Å². The summed E-state index contributed by atoms with van der Waals surface area (Å²) < 4.78 is 1.82. The number of aromatic nitrogens is 2. The Bertz CT molecular complexity index is 736. The van der Waals surface area contributed by atoms with Gasteiger partial charge in [0.2, 0.25) is 5.91 Å². The number of nitrogens with one attached hydrogen (secondary N) is 2. The van der Waals surface area contributed by atoms with E-state index in [1.165, 1.54) is 0 Å². The lowest BCUT2D eigenvalue weighted by Gasteiger charge is -2.11. The van der Waals surface area contributed by atoms with E-state index in [4.69, 9.17) is 0 Å². The molecular formula is C18H26N4O2. The van der Waals surface area contributed by atoms with Gasteiger partial charge >= 0.3 is 0 Å². The number of rotatable bonds is 7. The molecule has 2 aromatic heterocycles. The summed E-state index contributed by atoms with van der Waals surface area (Å²) in [7, 11) is 0. The van der Waals surface area contributed by atoms with Crippen LogP contribution in [-0.4, -0.2) is 33.8 Å². The quantitative estimate of drug-likeness (QED) is 0.765. The number of carbonyl (C=O) groups excluding carboxylic acids is 2. The van der Waals surface area contributed by atoms with Gasteiger partial charge < -0.3 is 10.6 Å². The van der Waals surface area contributed by atoms with Crippen LogP contribution in [0.4, 0.5) is 0 Å². The number of hydrogen-bond donors (Lipinski definition) is 2. The van der Waals surface area contributed by atoms with E-state index in [0.29, 0.717) is 30.8 Å². The van der Waals surface area contributed by atoms with Crippen LogP contribution in [0.3, 0.4) is 0 Å². The maximum Gasteiger partial charge on any atom is 0.270 e. The standard InChI is InChI=1S/C18H26N4O2/c1-5-13(3)20-15(23)9-6-10-19-18(24)16-14(4)21-17-12(2)8-7-11-22(16)17/h7-8,11,13H,5-6,9-10H2,1-4H3,(H,19,24)(H,20,23). The van der Waals surface area contributed by atoms with Crippen LogP contribution in [0.25, 0.3) is 5.65 Å². The topological polar surface area (TPSA) is 75.5 Å². The fourth-order valence-electron chi connectivity index (χ4n) is 2.57. The first-order chi connectivity index (χ1) is 11.4. The minimum atomic E-state index is -0.159. The highest BCUT2D eigenvalue weighted by Gasteiger charge is 2.17. The third-order valence-electron chi connectivity index (χ3n) is 4.12. The van der Waals surface area contributed by atoms with Crippen LogP contribution in [0.2, 0.25) is 0 Å². The van der Waals surface area contributed by atoms with Crippen molar-refractivity contribution in [2.75, 3.05) is 6.54 Å². The molecule has 6 nitrogen and oxygen atoms in total. The lowest BCUT2D eigenvalue weighted by Crippen LogP contribution is -2.33. The van der Waals surface area contributed by atoms with Crippen molar-refractivity contribution in [3.8, 4) is 0 Å². The first kappa shape index (κ1) is 18.0. The third-order valence-corrected chi connectivity index (χ3v) is 4.12. The second-order valence-electron chi connectivity index (χ2n) is 6.17. The predicted molar refractivity (Wildman–Crippen MR) is 94.1 cm³/mol. The van der Waals surface area contributed by atoms with Crippen LogP contribution in [0.15, 0.2) is 18.3 Å². The fraction of sp³-hybridized carbons (Fsp3) is 0.500. The molecule has 2 aromatic rings. The van der Waals surface area contributed by atoms with Crippen molar-refractivity contribution >= 4 is 17.5 Å². The van der Waals surface area contributed by atoms with E-state index in [9.17, 15) is 9.59 Å². The zero-order valence-corrected chi connectivity index (χ0v) is 14.8. The van der Waals surface area contributed by atoms with Gasteiger partial charge in [-0.3, -0.25) is 14.0 Å². The molecule has 0 fully saturated rings. The van der Waals surface area contributed by atoms with Gasteiger partial charge in [-0.15, -0.1) is 0 Å². The summed E-state index contributed by atoms with van der Waals surface area (Å²) >= 11 is 0. The lowest BCUT2D eigenvalue weighted by atomic mass is 10.2. The first-order valence-electron chi connectivity index (χ1n) is 8.45. The number of fused-ring (bicyclic) bond motifs is 1. The van der Waals surface area contributed by atoms with Crippen molar-refractivity contribution in [2.24, 2.45) is 0 Å². The third kappa shape index (κ3) is 4.13. The second-order valence-corrected chi connectivity index (χ2v) is 6.17. The molecule has 24 heavy (non-hydrogen) atoms. The van der Waals surface area contributed by atoms with Gasteiger partial charge in [0, 0.05) is 25.2 Å². The molecule has 0 saturated heterocycles. The molecule has 0 aliphatic heterocycles. The Morgan fingerprint density at radius 2 is 2.08 bits per heavy atom. The smallest absolute Gasteiger partial charge is 0.270 e. The Morgan fingerprint density at radius 3 is 2.79 bits per heavy atom. The molecule has 1 atom stereocenters. The van der Waals surface area contributed by atoms with Gasteiger partial charge in [-0.05, 0) is 45.2 Å². The summed E-state index contributed by atoms with van der Waals surface area (Å²) in [6.45, 7) is 8.28. The highest BCUT2D eigenvalue weighted by Crippen LogP contribution is 2.15. The molecule has 130 valence electrons. The second kappa shape index (κ2) is 7.95. The Hall–Kier alpha value is -2.37. The van der Waals surface area contributed by atoms with Crippen molar-refractivity contribution in [1.82, 2.24) is 20.0 Å². The number of aryl methyl sites for hydroxylation is 2. The number of amides is 2. The molecule has 1 unspecified atom stereocenters. The largest absolute Gasteiger partial charge is 0.354 e. The minimum Gasteiger partial charge on any atom is -0.354 e. The van der Waals surface area contributed by atoms with Gasteiger partial charge in [0.1, 0.15) is 11.3 Å². The van der Waals surface area contributed by atoms with Crippen LogP contribution in [0.1, 0.15) is 54.9 Å². The van der Waals surface area contributed by atoms with E-state index in [0.717, 1.165) is 17.6 Å². The first-order valence-corrected chi connectivity index (χ1v) is 8.45. The van der Waals surface area contributed by atoms with Gasteiger partial charge in [-0.1, -0.05) is 13.0 Å². The Kier molecular flexibility index (Phi) is 5.95. The minimum absolute atomic E-state index is 0.0280. The molecule has 0 bridgehead atoms. The van der Waals surface area contributed by atoms with Crippen LogP contribution < -0.4 is 10.6 Å². The van der Waals surface area contributed by atoms with Gasteiger partial charge in [0.15, 0.2) is 0 Å². The molecular weight excluding hydrogens is 304 g/mol. The fourth-order valence-corrected chi connectivity index (χ4v) is 2.57. The molecule has 2 amide bonds. The summed E-state index contributed by atoms with van der Waals surface area (Å²) in [4.78, 5) is 28.6. The molecule has 0 saturated carbocycles. The predicted octanol–water partition coefficient (Wildman–Crippen LogP) is 2.38.